The number of hydrogen-bond donors (Lipinski definition) is 0. The molecular formula is C17H23BrO2. The first-order valence-electron chi connectivity index (χ1n) is 7.20. The van der Waals surface area contributed by atoms with Crippen molar-refractivity contribution in [1.82, 2.24) is 0 Å². The summed E-state index contributed by atoms with van der Waals surface area (Å²) in [6, 6.07) is 3.93. The molecule has 0 heterocycles. The van der Waals surface area contributed by atoms with Crippen LogP contribution in [0.3, 0.4) is 0 Å². The van der Waals surface area contributed by atoms with Crippen LogP contribution in [-0.2, 0) is 15.6 Å². The van der Waals surface area contributed by atoms with E-state index < -0.39 is 0 Å². The van der Waals surface area contributed by atoms with Crippen LogP contribution in [0.1, 0.15) is 68.9 Å². The second-order valence-corrected chi connectivity index (χ2v) is 7.72. The van der Waals surface area contributed by atoms with E-state index in [-0.39, 0.29) is 16.8 Å². The molecule has 1 aromatic rings. The Hall–Kier alpha value is -0.830. The van der Waals surface area contributed by atoms with E-state index in [1.807, 2.05) is 19.1 Å². The lowest BCUT2D eigenvalue weighted by Crippen LogP contribution is -2.34. The first-order valence-corrected chi connectivity index (χ1v) is 8.00. The Labute approximate surface area is 130 Å². The first kappa shape index (κ1) is 15.6. The number of carbonyl (C=O) groups excluding carboxylic acids is 1. The van der Waals surface area contributed by atoms with E-state index in [1.165, 1.54) is 11.1 Å². The molecule has 1 aromatic carbocycles. The van der Waals surface area contributed by atoms with E-state index in [0.717, 1.165) is 17.3 Å². The van der Waals surface area contributed by atoms with E-state index in [9.17, 15) is 4.79 Å². The molecule has 0 atom stereocenters. The second-order valence-electron chi connectivity index (χ2n) is 6.87. The van der Waals surface area contributed by atoms with E-state index >= 15 is 0 Å². The number of ether oxygens (including phenoxy) is 1. The monoisotopic (exact) mass is 338 g/mol. The fourth-order valence-corrected chi connectivity index (χ4v) is 4.04. The maximum absolute atomic E-state index is 12.0. The molecule has 0 N–H and O–H groups in total. The summed E-state index contributed by atoms with van der Waals surface area (Å²) in [6.07, 6.45) is 2.29. The van der Waals surface area contributed by atoms with E-state index in [2.05, 4.69) is 43.6 Å². The van der Waals surface area contributed by atoms with Crippen molar-refractivity contribution in [3.8, 4) is 0 Å². The molecule has 0 radical (unpaired) electrons. The summed E-state index contributed by atoms with van der Waals surface area (Å²) in [4.78, 5) is 12.0. The van der Waals surface area contributed by atoms with Crippen LogP contribution in [0, 0.1) is 0 Å². The summed E-state index contributed by atoms with van der Waals surface area (Å²) in [5.74, 6) is -0.241. The lowest BCUT2D eigenvalue weighted by Gasteiger charge is -2.42. The van der Waals surface area contributed by atoms with Gasteiger partial charge in [-0.1, -0.05) is 43.6 Å². The molecule has 110 valence electrons. The molecule has 0 saturated carbocycles. The van der Waals surface area contributed by atoms with Crippen LogP contribution in [-0.4, -0.2) is 12.6 Å². The predicted molar refractivity (Wildman–Crippen MR) is 85.4 cm³/mol. The summed E-state index contributed by atoms with van der Waals surface area (Å²) in [6.45, 7) is 11.3. The van der Waals surface area contributed by atoms with Crippen LogP contribution < -0.4 is 0 Å². The number of benzene rings is 1. The van der Waals surface area contributed by atoms with Gasteiger partial charge in [0.1, 0.15) is 0 Å². The van der Waals surface area contributed by atoms with Crippen LogP contribution in [0.2, 0.25) is 0 Å². The number of carbonyl (C=O) groups is 1. The minimum Gasteiger partial charge on any atom is -0.462 e. The minimum atomic E-state index is -0.241. The van der Waals surface area contributed by atoms with Gasteiger partial charge in [-0.25, -0.2) is 4.79 Å². The Morgan fingerprint density at radius 2 is 1.80 bits per heavy atom. The minimum absolute atomic E-state index is 0.0931. The second kappa shape index (κ2) is 5.18. The predicted octanol–water partition coefficient (Wildman–Crippen LogP) is 4.97. The van der Waals surface area contributed by atoms with Crippen LogP contribution in [0.25, 0.3) is 0 Å². The van der Waals surface area contributed by atoms with Gasteiger partial charge >= 0.3 is 5.97 Å². The van der Waals surface area contributed by atoms with Gasteiger partial charge in [-0.3, -0.25) is 0 Å². The molecule has 0 aromatic heterocycles. The lowest BCUT2D eigenvalue weighted by molar-refractivity contribution is 0.0526. The molecule has 0 bridgehead atoms. The number of rotatable bonds is 2. The van der Waals surface area contributed by atoms with Crippen molar-refractivity contribution in [2.75, 3.05) is 6.61 Å². The van der Waals surface area contributed by atoms with Gasteiger partial charge in [0.2, 0.25) is 0 Å². The molecule has 0 spiro atoms. The Bertz CT molecular complexity index is 544. The smallest absolute Gasteiger partial charge is 0.338 e. The molecule has 0 fully saturated rings. The van der Waals surface area contributed by atoms with Gasteiger partial charge in [0.25, 0.3) is 0 Å². The summed E-state index contributed by atoms with van der Waals surface area (Å²) in [5, 5.41) is 0. The van der Waals surface area contributed by atoms with Crippen molar-refractivity contribution in [2.24, 2.45) is 0 Å². The van der Waals surface area contributed by atoms with Crippen molar-refractivity contribution in [2.45, 2.75) is 58.3 Å². The van der Waals surface area contributed by atoms with Gasteiger partial charge in [-0.05, 0) is 53.9 Å². The molecular weight excluding hydrogens is 316 g/mol. The topological polar surface area (TPSA) is 26.3 Å². The molecule has 3 heteroatoms. The number of hydrogen-bond acceptors (Lipinski definition) is 2. The average Bonchev–Trinajstić information content (AvgIpc) is 2.34. The molecule has 0 aliphatic heterocycles. The summed E-state index contributed by atoms with van der Waals surface area (Å²) >= 11 is 3.67. The Balaban J connectivity index is 2.62. The maximum atomic E-state index is 12.0. The lowest BCUT2D eigenvalue weighted by atomic mass is 9.63. The van der Waals surface area contributed by atoms with Crippen molar-refractivity contribution >= 4 is 21.9 Å². The first-order chi connectivity index (χ1) is 9.19. The Kier molecular flexibility index (Phi) is 4.03. The Morgan fingerprint density at radius 1 is 1.20 bits per heavy atom. The maximum Gasteiger partial charge on any atom is 0.338 e. The normalized spacial score (nSPS) is 19.3. The zero-order valence-electron chi connectivity index (χ0n) is 13.0. The van der Waals surface area contributed by atoms with Crippen LogP contribution in [0.15, 0.2) is 16.6 Å². The van der Waals surface area contributed by atoms with Crippen LogP contribution in [0.5, 0.6) is 0 Å². The highest BCUT2D eigenvalue weighted by molar-refractivity contribution is 9.10. The SMILES string of the molecule is CCOC(=O)c1cc(Br)c2c(c1)C(C)(C)CCC2(C)C. The number of esters is 1. The third kappa shape index (κ3) is 2.65. The van der Waals surface area contributed by atoms with Crippen molar-refractivity contribution in [3.63, 3.8) is 0 Å². The van der Waals surface area contributed by atoms with Crippen molar-refractivity contribution < 1.29 is 9.53 Å². The summed E-state index contributed by atoms with van der Waals surface area (Å²) in [7, 11) is 0. The highest BCUT2D eigenvalue weighted by Gasteiger charge is 2.39. The third-order valence-corrected chi connectivity index (χ3v) is 5.01. The molecule has 0 saturated heterocycles. The van der Waals surface area contributed by atoms with Gasteiger partial charge in [0, 0.05) is 4.47 Å². The van der Waals surface area contributed by atoms with Gasteiger partial charge in [-0.2, -0.15) is 0 Å². The standard InChI is InChI=1S/C17H23BrO2/c1-6-20-15(19)11-9-12-14(13(18)10-11)17(4,5)8-7-16(12,2)3/h9-10H,6-8H2,1-5H3. The van der Waals surface area contributed by atoms with Gasteiger partial charge in [0.05, 0.1) is 12.2 Å². The fourth-order valence-electron chi connectivity index (χ4n) is 3.05. The van der Waals surface area contributed by atoms with Crippen molar-refractivity contribution in [1.29, 1.82) is 0 Å². The quantitative estimate of drug-likeness (QED) is 0.711. The van der Waals surface area contributed by atoms with Gasteiger partial charge in [0.15, 0.2) is 0 Å². The third-order valence-electron chi connectivity index (χ3n) is 4.38. The Morgan fingerprint density at radius 3 is 2.40 bits per heavy atom. The fraction of sp³-hybridized carbons (Fsp3) is 0.588. The molecule has 20 heavy (non-hydrogen) atoms. The average molecular weight is 339 g/mol. The zero-order valence-corrected chi connectivity index (χ0v) is 14.6. The van der Waals surface area contributed by atoms with E-state index in [0.29, 0.717) is 12.2 Å². The summed E-state index contributed by atoms with van der Waals surface area (Å²) in [5.41, 5.74) is 3.48. The molecule has 0 amide bonds. The van der Waals surface area contributed by atoms with Crippen LogP contribution in [0.4, 0.5) is 0 Å². The number of halogens is 1. The molecule has 1 aliphatic rings. The molecule has 2 rings (SSSR count). The highest BCUT2D eigenvalue weighted by Crippen LogP contribution is 2.48. The van der Waals surface area contributed by atoms with Gasteiger partial charge < -0.3 is 4.74 Å². The van der Waals surface area contributed by atoms with E-state index in [1.54, 1.807) is 0 Å². The largest absolute Gasteiger partial charge is 0.462 e. The number of fused-ring (bicyclic) bond motifs is 1. The molecule has 0 unspecified atom stereocenters. The summed E-state index contributed by atoms with van der Waals surface area (Å²) < 4.78 is 6.16. The van der Waals surface area contributed by atoms with Crippen LogP contribution >= 0.6 is 15.9 Å². The zero-order chi connectivity index (χ0) is 15.1. The van der Waals surface area contributed by atoms with Crippen molar-refractivity contribution in [3.05, 3.63) is 33.3 Å². The van der Waals surface area contributed by atoms with Gasteiger partial charge in [-0.15, -0.1) is 0 Å². The molecule has 2 nitrogen and oxygen atoms in total. The van der Waals surface area contributed by atoms with E-state index in [4.69, 9.17) is 4.74 Å². The highest BCUT2D eigenvalue weighted by atomic mass is 79.9. The molecule has 1 aliphatic carbocycles.